The Morgan fingerprint density at radius 2 is 2.07 bits per heavy atom. The molecule has 146 valence electrons. The number of allylic oxidation sites excluding steroid dienone is 1. The Morgan fingerprint density at radius 1 is 1.30 bits per heavy atom. The molecule has 0 saturated heterocycles. The van der Waals surface area contributed by atoms with Crippen LogP contribution >= 0.6 is 0 Å². The van der Waals surface area contributed by atoms with E-state index in [0.29, 0.717) is 0 Å². The van der Waals surface area contributed by atoms with Crippen LogP contribution in [0.25, 0.3) is 16.5 Å². The number of fused-ring (bicyclic) bond motifs is 3. The highest BCUT2D eigenvalue weighted by Crippen LogP contribution is 2.40. The Kier molecular flexibility index (Phi) is 6.25. The predicted molar refractivity (Wildman–Crippen MR) is 110 cm³/mol. The Labute approximate surface area is 162 Å². The predicted octanol–water partition coefficient (Wildman–Crippen LogP) is 5.34. The average molecular weight is 370 g/mol. The van der Waals surface area contributed by atoms with Crippen LogP contribution in [-0.2, 0) is 17.6 Å². The van der Waals surface area contributed by atoms with E-state index in [1.165, 1.54) is 23.8 Å². The molecule has 1 aliphatic carbocycles. The summed E-state index contributed by atoms with van der Waals surface area (Å²) in [5.74, 6) is 1.87. The molecule has 0 saturated carbocycles. The van der Waals surface area contributed by atoms with Gasteiger partial charge in [-0.3, -0.25) is 4.79 Å². The van der Waals surface area contributed by atoms with Crippen molar-refractivity contribution in [1.29, 1.82) is 0 Å². The summed E-state index contributed by atoms with van der Waals surface area (Å²) < 4.78 is 11.9. The fourth-order valence-electron chi connectivity index (χ4n) is 4.00. The number of amides is 1. The van der Waals surface area contributed by atoms with Crippen molar-refractivity contribution in [2.24, 2.45) is 0 Å². The average Bonchev–Trinajstić information content (AvgIpc) is 3.04. The van der Waals surface area contributed by atoms with Gasteiger partial charge >= 0.3 is 0 Å². The maximum Gasteiger partial charge on any atom is 0.244 e. The number of furan rings is 1. The molecule has 4 heteroatoms. The monoisotopic (exact) mass is 369 g/mol. The molecule has 1 amide bonds. The van der Waals surface area contributed by atoms with Gasteiger partial charge in [-0.25, -0.2) is 0 Å². The summed E-state index contributed by atoms with van der Waals surface area (Å²) in [5, 5.41) is 4.15. The molecule has 1 aromatic carbocycles. The van der Waals surface area contributed by atoms with E-state index >= 15 is 0 Å². The number of methoxy groups -OCH3 is 1. The quantitative estimate of drug-likeness (QED) is 0.529. The third-order valence-corrected chi connectivity index (χ3v) is 5.48. The van der Waals surface area contributed by atoms with Gasteiger partial charge in [-0.05, 0) is 51.2 Å². The third kappa shape index (κ3) is 4.05. The summed E-state index contributed by atoms with van der Waals surface area (Å²) in [4.78, 5) is 12.3. The van der Waals surface area contributed by atoms with E-state index in [1.807, 2.05) is 13.8 Å². The number of hydrogen-bond donors (Lipinski definition) is 1. The molecule has 0 radical (unpaired) electrons. The Morgan fingerprint density at radius 3 is 2.81 bits per heavy atom. The second-order valence-corrected chi connectivity index (χ2v) is 7.50. The van der Waals surface area contributed by atoms with Crippen molar-refractivity contribution in [3.63, 3.8) is 0 Å². The van der Waals surface area contributed by atoms with Gasteiger partial charge in [0.1, 0.15) is 17.1 Å². The smallest absolute Gasteiger partial charge is 0.244 e. The minimum absolute atomic E-state index is 0.0439. The van der Waals surface area contributed by atoms with Gasteiger partial charge in [-0.1, -0.05) is 19.8 Å². The Hall–Kier alpha value is -2.23. The molecule has 3 rings (SSSR count). The van der Waals surface area contributed by atoms with Crippen LogP contribution in [0, 0.1) is 6.92 Å². The standard InChI is InChI=1S/C23H31NO3/c1-5-6-9-12-24-21(25)13-15(2)18-14-19-17-10-7-8-11-20(17)27-23(19)16(3)22(18)26-4/h13-14H,5-12H2,1-4H3,(H,24,25)/b15-13+. The molecule has 27 heavy (non-hydrogen) atoms. The van der Waals surface area contributed by atoms with Gasteiger partial charge in [-0.2, -0.15) is 0 Å². The number of carbonyl (C=O) groups is 1. The highest BCUT2D eigenvalue weighted by molar-refractivity contribution is 5.98. The van der Waals surface area contributed by atoms with Crippen molar-refractivity contribution in [2.45, 2.75) is 65.7 Å². The molecule has 0 aliphatic heterocycles. The second-order valence-electron chi connectivity index (χ2n) is 7.50. The number of carbonyl (C=O) groups excluding carboxylic acids is 1. The molecule has 1 heterocycles. The van der Waals surface area contributed by atoms with Crippen LogP contribution in [-0.4, -0.2) is 19.6 Å². The molecule has 2 aromatic rings. The van der Waals surface area contributed by atoms with Crippen LogP contribution in [0.15, 0.2) is 16.6 Å². The lowest BCUT2D eigenvalue weighted by Gasteiger charge is -2.13. The Bertz CT molecular complexity index is 860. The summed E-state index contributed by atoms with van der Waals surface area (Å²) in [7, 11) is 1.68. The molecule has 1 N–H and O–H groups in total. The van der Waals surface area contributed by atoms with Crippen molar-refractivity contribution in [2.75, 3.05) is 13.7 Å². The fraction of sp³-hybridized carbons (Fsp3) is 0.522. The van der Waals surface area contributed by atoms with E-state index in [1.54, 1.807) is 13.2 Å². The summed E-state index contributed by atoms with van der Waals surface area (Å²) >= 11 is 0. The number of nitrogens with one attached hydrogen (secondary N) is 1. The number of benzene rings is 1. The van der Waals surface area contributed by atoms with Gasteiger partial charge in [0, 0.05) is 41.1 Å². The first-order valence-electron chi connectivity index (χ1n) is 10.1. The van der Waals surface area contributed by atoms with Gasteiger partial charge in [-0.15, -0.1) is 0 Å². The van der Waals surface area contributed by atoms with E-state index in [-0.39, 0.29) is 5.91 Å². The number of ether oxygens (including phenoxy) is 1. The normalized spacial score (nSPS) is 14.3. The second kappa shape index (κ2) is 8.64. The van der Waals surface area contributed by atoms with Crippen molar-refractivity contribution in [3.8, 4) is 5.75 Å². The largest absolute Gasteiger partial charge is 0.496 e. The van der Waals surface area contributed by atoms with Gasteiger partial charge in [0.05, 0.1) is 7.11 Å². The van der Waals surface area contributed by atoms with Crippen molar-refractivity contribution >= 4 is 22.4 Å². The zero-order valence-electron chi connectivity index (χ0n) is 17.0. The molecule has 0 spiro atoms. The lowest BCUT2D eigenvalue weighted by Crippen LogP contribution is -2.22. The number of unbranched alkanes of at least 4 members (excludes halogenated alkanes) is 2. The number of aryl methyl sites for hydroxylation is 3. The SMILES string of the molecule is CCCCCNC(=O)/C=C(\C)c1cc2c3c(oc2c(C)c1OC)CCCC3. The van der Waals surface area contributed by atoms with E-state index in [4.69, 9.17) is 9.15 Å². The molecule has 1 aliphatic rings. The van der Waals surface area contributed by atoms with Crippen LogP contribution < -0.4 is 10.1 Å². The molecule has 0 unspecified atom stereocenters. The lowest BCUT2D eigenvalue weighted by molar-refractivity contribution is -0.116. The summed E-state index contributed by atoms with van der Waals surface area (Å²) in [6, 6.07) is 2.14. The lowest BCUT2D eigenvalue weighted by atomic mass is 9.93. The van der Waals surface area contributed by atoms with Crippen LogP contribution in [0.1, 0.15) is 68.4 Å². The highest BCUT2D eigenvalue weighted by atomic mass is 16.5. The fourth-order valence-corrected chi connectivity index (χ4v) is 4.00. The number of rotatable bonds is 7. The van der Waals surface area contributed by atoms with Crippen LogP contribution in [0.3, 0.4) is 0 Å². The van der Waals surface area contributed by atoms with E-state index in [0.717, 1.165) is 72.4 Å². The highest BCUT2D eigenvalue weighted by Gasteiger charge is 2.23. The molecule has 4 nitrogen and oxygen atoms in total. The maximum absolute atomic E-state index is 12.3. The number of hydrogen-bond acceptors (Lipinski definition) is 3. The first-order valence-corrected chi connectivity index (χ1v) is 10.1. The summed E-state index contributed by atoms with van der Waals surface area (Å²) in [5.41, 5.74) is 5.16. The molecule has 0 fully saturated rings. The van der Waals surface area contributed by atoms with Crippen LogP contribution in [0.5, 0.6) is 5.75 Å². The maximum atomic E-state index is 12.3. The first-order chi connectivity index (χ1) is 13.1. The van der Waals surface area contributed by atoms with Gasteiger partial charge < -0.3 is 14.5 Å². The summed E-state index contributed by atoms with van der Waals surface area (Å²) in [6.07, 6.45) is 9.45. The van der Waals surface area contributed by atoms with Gasteiger partial charge in [0.25, 0.3) is 0 Å². The van der Waals surface area contributed by atoms with E-state index in [2.05, 4.69) is 18.3 Å². The third-order valence-electron chi connectivity index (χ3n) is 5.48. The van der Waals surface area contributed by atoms with Gasteiger partial charge in [0.2, 0.25) is 5.91 Å². The molecular formula is C23H31NO3. The van der Waals surface area contributed by atoms with Crippen LogP contribution in [0.4, 0.5) is 0 Å². The summed E-state index contributed by atoms with van der Waals surface area (Å²) in [6.45, 7) is 6.89. The molecule has 0 bridgehead atoms. The first kappa shape index (κ1) is 19.5. The molecule has 0 atom stereocenters. The van der Waals surface area contributed by atoms with E-state index < -0.39 is 0 Å². The zero-order chi connectivity index (χ0) is 19.4. The van der Waals surface area contributed by atoms with E-state index in [9.17, 15) is 4.79 Å². The Balaban J connectivity index is 1.95. The minimum Gasteiger partial charge on any atom is -0.496 e. The minimum atomic E-state index is -0.0439. The molecular weight excluding hydrogens is 338 g/mol. The van der Waals surface area contributed by atoms with Crippen LogP contribution in [0.2, 0.25) is 0 Å². The van der Waals surface area contributed by atoms with Crippen molar-refractivity contribution in [3.05, 3.63) is 34.6 Å². The van der Waals surface area contributed by atoms with Gasteiger partial charge in [0.15, 0.2) is 0 Å². The van der Waals surface area contributed by atoms with Crippen molar-refractivity contribution < 1.29 is 13.9 Å². The topological polar surface area (TPSA) is 51.5 Å². The van der Waals surface area contributed by atoms with Crippen molar-refractivity contribution in [1.82, 2.24) is 5.32 Å². The zero-order valence-corrected chi connectivity index (χ0v) is 17.0. The molecule has 1 aromatic heterocycles.